The quantitative estimate of drug-likeness (QED) is 0.680. The third-order valence-corrected chi connectivity index (χ3v) is 2.30. The van der Waals surface area contributed by atoms with Crippen LogP contribution < -0.4 is 0 Å². The van der Waals surface area contributed by atoms with E-state index >= 15 is 0 Å². The Hall–Kier alpha value is -1.32. The molecular weight excluding hydrogens is 182 g/mol. The van der Waals surface area contributed by atoms with Crippen molar-refractivity contribution >= 4 is 11.9 Å². The van der Waals surface area contributed by atoms with E-state index in [1.54, 1.807) is 0 Å². The Morgan fingerprint density at radius 3 is 2.79 bits per heavy atom. The minimum Gasteiger partial charge on any atom is -0.478 e. The number of likely N-dealkylation sites (tertiary alicyclic amines) is 1. The van der Waals surface area contributed by atoms with Crippen LogP contribution in [0.5, 0.6) is 0 Å². The molecule has 0 atom stereocenters. The van der Waals surface area contributed by atoms with E-state index in [1.165, 1.54) is 18.0 Å². The van der Waals surface area contributed by atoms with Crippen LogP contribution in [0.1, 0.15) is 32.6 Å². The summed E-state index contributed by atoms with van der Waals surface area (Å²) in [7, 11) is 0. The second-order valence-corrected chi connectivity index (χ2v) is 3.52. The average molecular weight is 197 g/mol. The Kier molecular flexibility index (Phi) is 3.68. The molecule has 0 saturated carbocycles. The van der Waals surface area contributed by atoms with Crippen LogP contribution in [0.3, 0.4) is 0 Å². The van der Waals surface area contributed by atoms with Crippen LogP contribution in [0.4, 0.5) is 0 Å². The SMILES string of the molecule is CC(=CN1CCCCCC1=O)C(=O)O. The molecular formula is C10H15NO3. The van der Waals surface area contributed by atoms with Gasteiger partial charge in [0.2, 0.25) is 5.91 Å². The molecule has 1 aliphatic rings. The summed E-state index contributed by atoms with van der Waals surface area (Å²) in [6.45, 7) is 2.14. The second-order valence-electron chi connectivity index (χ2n) is 3.52. The molecule has 1 rings (SSSR count). The Balaban J connectivity index is 2.69. The molecule has 0 aliphatic carbocycles. The number of hydrogen-bond acceptors (Lipinski definition) is 2. The molecule has 1 saturated heterocycles. The molecule has 0 aromatic carbocycles. The molecule has 1 aliphatic heterocycles. The van der Waals surface area contributed by atoms with E-state index in [2.05, 4.69) is 0 Å². The van der Waals surface area contributed by atoms with Gasteiger partial charge in [0.15, 0.2) is 0 Å². The largest absolute Gasteiger partial charge is 0.478 e. The van der Waals surface area contributed by atoms with E-state index in [-0.39, 0.29) is 11.5 Å². The predicted molar refractivity (Wildman–Crippen MR) is 51.6 cm³/mol. The first-order valence-electron chi connectivity index (χ1n) is 4.82. The van der Waals surface area contributed by atoms with Gasteiger partial charge in [0.1, 0.15) is 0 Å². The lowest BCUT2D eigenvalue weighted by Crippen LogP contribution is -2.25. The average Bonchev–Trinajstić information content (AvgIpc) is 2.32. The summed E-state index contributed by atoms with van der Waals surface area (Å²) in [5, 5.41) is 8.66. The molecule has 14 heavy (non-hydrogen) atoms. The number of hydrogen-bond donors (Lipinski definition) is 1. The molecule has 1 amide bonds. The summed E-state index contributed by atoms with van der Waals surface area (Å²) in [6, 6.07) is 0. The number of rotatable bonds is 2. The summed E-state index contributed by atoms with van der Waals surface area (Å²) in [5.74, 6) is -0.940. The Morgan fingerprint density at radius 2 is 2.14 bits per heavy atom. The zero-order chi connectivity index (χ0) is 10.6. The summed E-state index contributed by atoms with van der Waals surface area (Å²) < 4.78 is 0. The fourth-order valence-electron chi connectivity index (χ4n) is 1.43. The maximum atomic E-state index is 11.5. The molecule has 0 spiro atoms. The third kappa shape index (κ3) is 2.87. The first-order chi connectivity index (χ1) is 6.61. The number of aliphatic carboxylic acids is 1. The highest BCUT2D eigenvalue weighted by molar-refractivity contribution is 5.87. The van der Waals surface area contributed by atoms with Crippen LogP contribution in [-0.2, 0) is 9.59 Å². The van der Waals surface area contributed by atoms with Gasteiger partial charge in [-0.05, 0) is 19.8 Å². The van der Waals surface area contributed by atoms with Gasteiger partial charge in [-0.3, -0.25) is 4.79 Å². The number of nitrogens with zero attached hydrogens (tertiary/aromatic N) is 1. The van der Waals surface area contributed by atoms with Gasteiger partial charge in [0, 0.05) is 19.2 Å². The minimum atomic E-state index is -0.970. The Morgan fingerprint density at radius 1 is 1.43 bits per heavy atom. The van der Waals surface area contributed by atoms with Gasteiger partial charge in [-0.2, -0.15) is 0 Å². The van der Waals surface area contributed by atoms with Crippen molar-refractivity contribution in [1.82, 2.24) is 4.90 Å². The van der Waals surface area contributed by atoms with E-state index in [1.807, 2.05) is 0 Å². The molecule has 1 N–H and O–H groups in total. The van der Waals surface area contributed by atoms with E-state index in [4.69, 9.17) is 5.11 Å². The smallest absolute Gasteiger partial charge is 0.332 e. The number of carboxylic acids is 1. The Labute approximate surface area is 83.2 Å². The van der Waals surface area contributed by atoms with Gasteiger partial charge in [0.25, 0.3) is 0 Å². The molecule has 0 unspecified atom stereocenters. The molecule has 78 valence electrons. The highest BCUT2D eigenvalue weighted by Gasteiger charge is 2.15. The van der Waals surface area contributed by atoms with Gasteiger partial charge in [-0.25, -0.2) is 4.79 Å². The highest BCUT2D eigenvalue weighted by atomic mass is 16.4. The van der Waals surface area contributed by atoms with Crippen LogP contribution in [0.2, 0.25) is 0 Å². The minimum absolute atomic E-state index is 0.0306. The van der Waals surface area contributed by atoms with E-state index in [0.29, 0.717) is 13.0 Å². The van der Waals surface area contributed by atoms with Crippen molar-refractivity contribution in [1.29, 1.82) is 0 Å². The van der Waals surface area contributed by atoms with Crippen molar-refractivity contribution < 1.29 is 14.7 Å². The van der Waals surface area contributed by atoms with Gasteiger partial charge in [0.05, 0.1) is 5.57 Å². The number of carboxylic acid groups (broad SMARTS) is 1. The first-order valence-corrected chi connectivity index (χ1v) is 4.82. The van der Waals surface area contributed by atoms with Crippen LogP contribution in [0.25, 0.3) is 0 Å². The van der Waals surface area contributed by atoms with Crippen molar-refractivity contribution in [3.63, 3.8) is 0 Å². The third-order valence-electron chi connectivity index (χ3n) is 2.30. The van der Waals surface area contributed by atoms with E-state index in [0.717, 1.165) is 19.3 Å². The normalized spacial score (nSPS) is 19.4. The van der Waals surface area contributed by atoms with Gasteiger partial charge < -0.3 is 10.0 Å². The lowest BCUT2D eigenvalue weighted by atomic mass is 10.2. The summed E-state index contributed by atoms with van der Waals surface area (Å²) in [4.78, 5) is 23.5. The van der Waals surface area contributed by atoms with Crippen LogP contribution in [-0.4, -0.2) is 28.4 Å². The molecule has 1 heterocycles. The summed E-state index contributed by atoms with van der Waals surface area (Å²) in [5.41, 5.74) is 0.209. The van der Waals surface area contributed by atoms with Crippen molar-refractivity contribution in [2.24, 2.45) is 0 Å². The fraction of sp³-hybridized carbons (Fsp3) is 0.600. The number of carbonyl (C=O) groups excluding carboxylic acids is 1. The highest BCUT2D eigenvalue weighted by Crippen LogP contribution is 2.12. The summed E-state index contributed by atoms with van der Waals surface area (Å²) in [6.07, 6.45) is 4.88. The number of carbonyl (C=O) groups is 2. The van der Waals surface area contributed by atoms with Crippen molar-refractivity contribution in [3.8, 4) is 0 Å². The maximum Gasteiger partial charge on any atom is 0.332 e. The molecule has 0 bridgehead atoms. The molecule has 0 aromatic rings. The molecule has 4 heteroatoms. The lowest BCUT2D eigenvalue weighted by Gasteiger charge is -2.15. The van der Waals surface area contributed by atoms with Crippen LogP contribution in [0.15, 0.2) is 11.8 Å². The second kappa shape index (κ2) is 4.79. The molecule has 4 nitrogen and oxygen atoms in total. The molecule has 0 radical (unpaired) electrons. The Bertz CT molecular complexity index is 271. The molecule has 0 aromatic heterocycles. The zero-order valence-electron chi connectivity index (χ0n) is 8.32. The standard InChI is InChI=1S/C10H15NO3/c1-8(10(13)14)7-11-6-4-2-3-5-9(11)12/h7H,2-6H2,1H3,(H,13,14). The molecule has 1 fully saturated rings. The van der Waals surface area contributed by atoms with E-state index in [9.17, 15) is 9.59 Å². The first kappa shape index (κ1) is 10.8. The van der Waals surface area contributed by atoms with Crippen molar-refractivity contribution in [3.05, 3.63) is 11.8 Å². The number of amides is 1. The maximum absolute atomic E-state index is 11.5. The summed E-state index contributed by atoms with van der Waals surface area (Å²) >= 11 is 0. The monoisotopic (exact) mass is 197 g/mol. The van der Waals surface area contributed by atoms with Gasteiger partial charge >= 0.3 is 5.97 Å². The zero-order valence-corrected chi connectivity index (χ0v) is 8.32. The fourth-order valence-corrected chi connectivity index (χ4v) is 1.43. The van der Waals surface area contributed by atoms with Gasteiger partial charge in [-0.1, -0.05) is 6.42 Å². The topological polar surface area (TPSA) is 57.6 Å². The predicted octanol–water partition coefficient (Wildman–Crippen LogP) is 1.38. The van der Waals surface area contributed by atoms with Crippen molar-refractivity contribution in [2.75, 3.05) is 6.54 Å². The van der Waals surface area contributed by atoms with E-state index < -0.39 is 5.97 Å². The lowest BCUT2D eigenvalue weighted by molar-refractivity contribution is -0.132. The van der Waals surface area contributed by atoms with Gasteiger partial charge in [-0.15, -0.1) is 0 Å². The van der Waals surface area contributed by atoms with Crippen LogP contribution >= 0.6 is 0 Å². The van der Waals surface area contributed by atoms with Crippen LogP contribution in [0, 0.1) is 0 Å². The van der Waals surface area contributed by atoms with Crippen molar-refractivity contribution in [2.45, 2.75) is 32.6 Å².